The van der Waals surface area contributed by atoms with E-state index in [4.69, 9.17) is 19.5 Å². The molecule has 3 heterocycles. The molecular weight excluding hydrogens is 870 g/mol. The average Bonchev–Trinajstić information content (AvgIpc) is 4.01. The summed E-state index contributed by atoms with van der Waals surface area (Å²) in [6.45, 7) is 18.6. The van der Waals surface area contributed by atoms with E-state index in [-0.39, 0.29) is 36.9 Å². The number of nitrogens with one attached hydrogen (secondary N) is 3. The van der Waals surface area contributed by atoms with Gasteiger partial charge in [-0.05, 0) is 68.7 Å². The van der Waals surface area contributed by atoms with E-state index in [9.17, 15) is 31.2 Å². The second kappa shape index (κ2) is 16.9. The number of sulfonamides is 1. The maximum atomic E-state index is 15.0. The first kappa shape index (κ1) is 47.2. The molecule has 2 aliphatic carbocycles. The highest BCUT2D eigenvalue weighted by Crippen LogP contribution is 2.49. The fourth-order valence-electron chi connectivity index (χ4n) is 8.52. The number of carbonyl (C=O) groups excluding carboxylic acids is 3. The first-order chi connectivity index (χ1) is 29.8. The van der Waals surface area contributed by atoms with Crippen molar-refractivity contribution < 1.29 is 45.4 Å². The van der Waals surface area contributed by atoms with E-state index in [0.29, 0.717) is 30.0 Å². The largest absolute Gasteiger partial charge is 0.496 e. The van der Waals surface area contributed by atoms with Crippen LogP contribution in [0.3, 0.4) is 0 Å². The number of alkyl halides is 3. The third-order valence-electron chi connectivity index (χ3n) is 13.1. The molecule has 1 aromatic heterocycles. The Morgan fingerprint density at radius 3 is 2.39 bits per heavy atom. The summed E-state index contributed by atoms with van der Waals surface area (Å²) in [7, 11) is -2.49. The number of hydrogen-bond acceptors (Lipinski definition) is 11. The van der Waals surface area contributed by atoms with Gasteiger partial charge < -0.3 is 25.0 Å². The lowest BCUT2D eigenvalue weighted by molar-refractivity contribution is -0.141. The molecule has 2 unspecified atom stereocenters. The molecule has 4 aliphatic rings. The first-order valence-corrected chi connectivity index (χ1v) is 23.8. The zero-order valence-electron chi connectivity index (χ0n) is 37.6. The molecule has 0 spiro atoms. The van der Waals surface area contributed by atoms with Crippen molar-refractivity contribution >= 4 is 56.2 Å². The number of methoxy groups -OCH3 is 1. The van der Waals surface area contributed by atoms with E-state index in [0.717, 1.165) is 34.0 Å². The normalized spacial score (nSPS) is 25.5. The summed E-state index contributed by atoms with van der Waals surface area (Å²) >= 11 is 1.48. The van der Waals surface area contributed by atoms with Gasteiger partial charge in [0.1, 0.15) is 28.4 Å². The Morgan fingerprint density at radius 1 is 1.11 bits per heavy atom. The second-order valence-corrected chi connectivity index (χ2v) is 22.2. The standard InChI is InChI=1S/C46H57F3N6O7S2/c1-11-27-21-45(27,42(58)54-64(59,60)44(9)17-18-44)53-39(56)33-20-30(22-55(33)41(57)38(43(6,7)8)50-29-14-12-13-28(19-29)46(47,48)49)62-37-26(5)36(40-51-32(23-63-40)24(2)3)52-35-25(4)34(61-10)16-15-31(35)37/h11-16,19,23-24,26-27,30,33,37-38,50H,1,17-18,20-22H2,2-10H3,(H,53,56)(H,54,58)/t26?,27-,30-,33+,37?,38-,45-/m1/s1. The lowest BCUT2D eigenvalue weighted by atomic mass is 9.85. The van der Waals surface area contributed by atoms with E-state index in [1.807, 2.05) is 31.4 Å². The van der Waals surface area contributed by atoms with Crippen molar-refractivity contribution in [3.63, 3.8) is 0 Å². The summed E-state index contributed by atoms with van der Waals surface area (Å²) in [6, 6.07) is 5.90. The Morgan fingerprint density at radius 2 is 1.81 bits per heavy atom. The van der Waals surface area contributed by atoms with Gasteiger partial charge in [-0.2, -0.15) is 13.2 Å². The maximum Gasteiger partial charge on any atom is 0.416 e. The number of nitrogens with zero attached hydrogens (tertiary/aromatic N) is 3. The third kappa shape index (κ3) is 8.93. The predicted octanol–water partition coefficient (Wildman–Crippen LogP) is 7.99. The van der Waals surface area contributed by atoms with Crippen LogP contribution in [0.25, 0.3) is 0 Å². The number of hydrogen-bond donors (Lipinski definition) is 3. The molecule has 2 saturated carbocycles. The average molecular weight is 927 g/mol. The van der Waals surface area contributed by atoms with Gasteiger partial charge in [-0.1, -0.05) is 59.8 Å². The van der Waals surface area contributed by atoms with Crippen LogP contribution in [0.1, 0.15) is 114 Å². The fraction of sp³-hybridized carbons (Fsp3) is 0.543. The molecule has 2 aliphatic heterocycles. The number of amides is 3. The fourth-order valence-corrected chi connectivity index (χ4v) is 10.9. The molecule has 346 valence electrons. The number of benzene rings is 2. The van der Waals surface area contributed by atoms with Crippen LogP contribution in [0.5, 0.6) is 5.75 Å². The maximum absolute atomic E-state index is 15.0. The molecule has 18 heteroatoms. The summed E-state index contributed by atoms with van der Waals surface area (Å²) in [5, 5.41) is 8.60. The minimum atomic E-state index is -4.63. The Kier molecular flexibility index (Phi) is 12.4. The topological polar surface area (TPSA) is 168 Å². The van der Waals surface area contributed by atoms with Gasteiger partial charge in [0, 0.05) is 47.0 Å². The molecule has 2 aromatic carbocycles. The lowest BCUT2D eigenvalue weighted by Gasteiger charge is -2.36. The van der Waals surface area contributed by atoms with Crippen molar-refractivity contribution in [1.82, 2.24) is 19.9 Å². The van der Waals surface area contributed by atoms with Crippen molar-refractivity contribution in [2.24, 2.45) is 22.2 Å². The molecule has 0 bridgehead atoms. The molecule has 13 nitrogen and oxygen atoms in total. The number of fused-ring (bicyclic) bond motifs is 1. The molecule has 7 rings (SSSR count). The summed E-state index contributed by atoms with van der Waals surface area (Å²) < 4.78 is 81.6. The van der Waals surface area contributed by atoms with Gasteiger partial charge in [-0.15, -0.1) is 17.9 Å². The van der Waals surface area contributed by atoms with E-state index in [2.05, 4.69) is 35.8 Å². The monoisotopic (exact) mass is 926 g/mol. The number of halogens is 3. The van der Waals surface area contributed by atoms with Gasteiger partial charge in [0.15, 0.2) is 0 Å². The number of ether oxygens (including phenoxy) is 2. The lowest BCUT2D eigenvalue weighted by Crippen LogP contribution is -2.59. The van der Waals surface area contributed by atoms with Crippen LogP contribution in [0.15, 0.2) is 59.4 Å². The summed E-state index contributed by atoms with van der Waals surface area (Å²) in [5.74, 6) is -2.33. The molecule has 1 saturated heterocycles. The summed E-state index contributed by atoms with van der Waals surface area (Å²) in [6.07, 6.45) is -3.73. The number of aromatic nitrogens is 1. The van der Waals surface area contributed by atoms with E-state index in [1.165, 1.54) is 34.4 Å². The van der Waals surface area contributed by atoms with Crippen LogP contribution >= 0.6 is 11.3 Å². The molecule has 7 atom stereocenters. The van der Waals surface area contributed by atoms with Crippen LogP contribution in [0, 0.1) is 24.2 Å². The Balaban J connectivity index is 1.24. The zero-order chi connectivity index (χ0) is 46.9. The quantitative estimate of drug-likeness (QED) is 0.136. The Bertz CT molecular complexity index is 2500. The number of thiazole rings is 1. The smallest absolute Gasteiger partial charge is 0.416 e. The number of carbonyl (C=O) groups is 3. The van der Waals surface area contributed by atoms with E-state index < -0.39 is 85.4 Å². The summed E-state index contributed by atoms with van der Waals surface area (Å²) in [4.78, 5) is 55.0. The van der Waals surface area contributed by atoms with Crippen molar-refractivity contribution in [3.05, 3.63) is 81.8 Å². The van der Waals surface area contributed by atoms with Crippen molar-refractivity contribution in [2.75, 3.05) is 19.0 Å². The second-order valence-electron chi connectivity index (χ2n) is 19.2. The van der Waals surface area contributed by atoms with Crippen molar-refractivity contribution in [2.45, 2.75) is 128 Å². The van der Waals surface area contributed by atoms with Crippen LogP contribution in [0.4, 0.5) is 24.5 Å². The number of likely N-dealkylation sites (tertiary alicyclic amines) is 1. The highest BCUT2D eigenvalue weighted by molar-refractivity contribution is 7.91. The van der Waals surface area contributed by atoms with E-state index >= 15 is 4.79 Å². The van der Waals surface area contributed by atoms with Crippen LogP contribution in [-0.2, 0) is 35.3 Å². The Labute approximate surface area is 376 Å². The van der Waals surface area contributed by atoms with Gasteiger partial charge in [0.05, 0.1) is 46.7 Å². The molecule has 3 N–H and O–H groups in total. The van der Waals surface area contributed by atoms with Gasteiger partial charge in [-0.25, -0.2) is 18.4 Å². The van der Waals surface area contributed by atoms with Crippen molar-refractivity contribution in [1.29, 1.82) is 0 Å². The highest BCUT2D eigenvalue weighted by Gasteiger charge is 2.63. The third-order valence-corrected chi connectivity index (χ3v) is 16.1. The Hall–Kier alpha value is -4.81. The number of anilines is 1. The van der Waals surface area contributed by atoms with Crippen LogP contribution < -0.4 is 20.1 Å². The minimum Gasteiger partial charge on any atom is -0.496 e. The predicted molar refractivity (Wildman–Crippen MR) is 239 cm³/mol. The summed E-state index contributed by atoms with van der Waals surface area (Å²) in [5.41, 5.74) is 0.451. The molecule has 0 radical (unpaired) electrons. The first-order valence-electron chi connectivity index (χ1n) is 21.5. The SMILES string of the molecule is C=C[C@@H]1C[C@]1(NC(=O)[C@@H]1C[C@@H](OC2c3ccc(OC)c(C)c3N=C(c3nc(C(C)C)cs3)C2C)CN1C(=O)[C@@H](Nc1cccc(C(F)(F)F)c1)C(C)(C)C)C(=O)NS(=O)(=O)C1(C)CC1. The van der Waals surface area contributed by atoms with Crippen LogP contribution in [0.2, 0.25) is 0 Å². The van der Waals surface area contributed by atoms with E-state index in [1.54, 1.807) is 34.8 Å². The van der Waals surface area contributed by atoms with Gasteiger partial charge in [0.2, 0.25) is 21.8 Å². The zero-order valence-corrected chi connectivity index (χ0v) is 39.2. The molecule has 64 heavy (non-hydrogen) atoms. The van der Waals surface area contributed by atoms with Crippen molar-refractivity contribution in [3.8, 4) is 5.75 Å². The number of aliphatic imine (C=N–C) groups is 1. The van der Waals surface area contributed by atoms with Crippen LogP contribution in [-0.4, -0.2) is 83.9 Å². The molecule has 3 amide bonds. The van der Waals surface area contributed by atoms with Gasteiger partial charge in [-0.3, -0.25) is 19.1 Å². The molecule has 3 fully saturated rings. The molecular formula is C46H57F3N6O7S2. The van der Waals surface area contributed by atoms with Gasteiger partial charge >= 0.3 is 6.18 Å². The minimum absolute atomic E-state index is 0.0280. The molecule has 3 aromatic rings. The van der Waals surface area contributed by atoms with Gasteiger partial charge in [0.25, 0.3) is 5.91 Å². The highest BCUT2D eigenvalue weighted by atomic mass is 32.2. The number of rotatable bonds is 14.